The molecule has 0 amide bonds. The van der Waals surface area contributed by atoms with Gasteiger partial charge in [0.25, 0.3) is 0 Å². The molecule has 0 saturated carbocycles. The number of anilines is 3. The molecule has 35 heavy (non-hydrogen) atoms. The van der Waals surface area contributed by atoms with Crippen molar-refractivity contribution in [3.8, 4) is 22.3 Å². The highest BCUT2D eigenvalue weighted by Crippen LogP contribution is 2.56. The molecule has 164 valence electrons. The van der Waals surface area contributed by atoms with Crippen LogP contribution in [0.15, 0.2) is 85.2 Å². The van der Waals surface area contributed by atoms with Gasteiger partial charge in [-0.3, -0.25) is 4.98 Å². The van der Waals surface area contributed by atoms with E-state index in [1.807, 2.05) is 6.20 Å². The number of benzene rings is 4. The van der Waals surface area contributed by atoms with Crippen LogP contribution in [-0.4, -0.2) is 4.98 Å². The van der Waals surface area contributed by atoms with Crippen molar-refractivity contribution in [1.82, 2.24) is 4.98 Å². The monoisotopic (exact) mass is 446 g/mol. The van der Waals surface area contributed by atoms with Gasteiger partial charge in [-0.25, -0.2) is 0 Å². The molecule has 0 radical (unpaired) electrons. The highest BCUT2D eigenvalue weighted by molar-refractivity contribution is 5.96. The van der Waals surface area contributed by atoms with Gasteiger partial charge in [-0.05, 0) is 97.8 Å². The molecule has 0 N–H and O–H groups in total. The minimum absolute atomic E-state index is 0.981. The van der Waals surface area contributed by atoms with E-state index >= 15 is 0 Å². The van der Waals surface area contributed by atoms with Gasteiger partial charge in [0.05, 0.1) is 17.6 Å². The molecule has 3 heterocycles. The van der Waals surface area contributed by atoms with E-state index in [-0.39, 0.29) is 0 Å². The fourth-order valence-electron chi connectivity index (χ4n) is 7.20. The molecule has 1 aromatic heterocycles. The van der Waals surface area contributed by atoms with Crippen molar-refractivity contribution in [3.05, 3.63) is 130 Å². The summed E-state index contributed by atoms with van der Waals surface area (Å²) in [5, 5.41) is 0. The number of hydrogen-bond acceptors (Lipinski definition) is 2. The molecule has 2 nitrogen and oxygen atoms in total. The van der Waals surface area contributed by atoms with Gasteiger partial charge in [-0.1, -0.05) is 54.6 Å². The first kappa shape index (κ1) is 18.2. The van der Waals surface area contributed by atoms with Crippen molar-refractivity contribution < 1.29 is 0 Å². The molecule has 9 rings (SSSR count). The Morgan fingerprint density at radius 3 is 2.34 bits per heavy atom. The van der Waals surface area contributed by atoms with E-state index < -0.39 is 0 Å². The van der Waals surface area contributed by atoms with E-state index in [1.54, 1.807) is 0 Å². The highest BCUT2D eigenvalue weighted by atomic mass is 15.2. The van der Waals surface area contributed by atoms with Crippen molar-refractivity contribution >= 4 is 17.1 Å². The molecule has 0 unspecified atom stereocenters. The van der Waals surface area contributed by atoms with Crippen LogP contribution in [-0.2, 0) is 25.7 Å². The molecule has 2 aliphatic carbocycles. The molecule has 0 spiro atoms. The van der Waals surface area contributed by atoms with Gasteiger partial charge in [0.15, 0.2) is 0 Å². The molecule has 0 atom stereocenters. The van der Waals surface area contributed by atoms with Gasteiger partial charge in [0.2, 0.25) is 0 Å². The summed E-state index contributed by atoms with van der Waals surface area (Å²) < 4.78 is 0. The van der Waals surface area contributed by atoms with Crippen molar-refractivity contribution in [3.63, 3.8) is 0 Å². The minimum Gasteiger partial charge on any atom is -0.308 e. The first-order valence-corrected chi connectivity index (χ1v) is 12.6. The Balaban J connectivity index is 1.32. The highest BCUT2D eigenvalue weighted by Gasteiger charge is 2.37. The van der Waals surface area contributed by atoms with Gasteiger partial charge in [0, 0.05) is 24.7 Å². The molecule has 4 aliphatic rings. The number of hydrogen-bond donors (Lipinski definition) is 0. The lowest BCUT2D eigenvalue weighted by atomic mass is 9.83. The number of nitrogens with zero attached hydrogens (tertiary/aromatic N) is 2. The van der Waals surface area contributed by atoms with Crippen LogP contribution in [0.4, 0.5) is 17.1 Å². The predicted molar refractivity (Wildman–Crippen MR) is 141 cm³/mol. The zero-order chi connectivity index (χ0) is 22.7. The summed E-state index contributed by atoms with van der Waals surface area (Å²) in [5.74, 6) is 0. The lowest BCUT2D eigenvalue weighted by Gasteiger charge is -2.40. The van der Waals surface area contributed by atoms with Gasteiger partial charge < -0.3 is 4.90 Å². The van der Waals surface area contributed by atoms with Gasteiger partial charge in [0.1, 0.15) is 0 Å². The van der Waals surface area contributed by atoms with Gasteiger partial charge >= 0.3 is 0 Å². The van der Waals surface area contributed by atoms with E-state index in [1.165, 1.54) is 83.8 Å². The van der Waals surface area contributed by atoms with Crippen molar-refractivity contribution in [2.45, 2.75) is 25.7 Å². The summed E-state index contributed by atoms with van der Waals surface area (Å²) in [4.78, 5) is 7.02. The normalized spacial score (nSPS) is 14.9. The molecule has 0 fully saturated rings. The summed E-state index contributed by atoms with van der Waals surface area (Å²) in [7, 11) is 0. The predicted octanol–water partition coefficient (Wildman–Crippen LogP) is 7.50. The fraction of sp³-hybridized carbons (Fsp3) is 0.121. The zero-order valence-electron chi connectivity index (χ0n) is 19.3. The Labute approximate surface area is 204 Å². The Morgan fingerprint density at radius 2 is 1.37 bits per heavy atom. The molecular formula is C33H22N2. The molecular weight excluding hydrogens is 424 g/mol. The van der Waals surface area contributed by atoms with E-state index in [0.717, 1.165) is 25.7 Å². The lowest BCUT2D eigenvalue weighted by molar-refractivity contribution is 0.985. The number of aromatic nitrogens is 1. The van der Waals surface area contributed by atoms with Crippen molar-refractivity contribution in [2.75, 3.05) is 4.90 Å². The van der Waals surface area contributed by atoms with Crippen LogP contribution in [0.3, 0.4) is 0 Å². The fourth-order valence-corrected chi connectivity index (χ4v) is 7.20. The summed E-state index contributed by atoms with van der Waals surface area (Å²) in [6, 6.07) is 27.4. The molecule has 2 heteroatoms. The maximum Gasteiger partial charge on any atom is 0.0680 e. The van der Waals surface area contributed by atoms with Crippen LogP contribution < -0.4 is 4.90 Å². The Morgan fingerprint density at radius 1 is 0.543 bits per heavy atom. The van der Waals surface area contributed by atoms with Gasteiger partial charge in [-0.2, -0.15) is 0 Å². The second kappa shape index (κ2) is 6.28. The van der Waals surface area contributed by atoms with E-state index in [0.29, 0.717) is 0 Å². The molecule has 0 bridgehead atoms. The number of pyridine rings is 1. The topological polar surface area (TPSA) is 16.1 Å². The smallest absolute Gasteiger partial charge is 0.0680 e. The second-order valence-corrected chi connectivity index (χ2v) is 10.3. The third kappa shape index (κ3) is 2.23. The summed E-state index contributed by atoms with van der Waals surface area (Å²) in [6.45, 7) is 0. The zero-order valence-corrected chi connectivity index (χ0v) is 19.3. The van der Waals surface area contributed by atoms with Crippen LogP contribution in [0.25, 0.3) is 22.3 Å². The van der Waals surface area contributed by atoms with Crippen LogP contribution in [0.1, 0.15) is 44.5 Å². The van der Waals surface area contributed by atoms with Crippen LogP contribution >= 0.6 is 0 Å². The molecule has 2 aliphatic heterocycles. The van der Waals surface area contributed by atoms with Crippen LogP contribution in [0, 0.1) is 0 Å². The van der Waals surface area contributed by atoms with Crippen molar-refractivity contribution in [2.24, 2.45) is 0 Å². The summed E-state index contributed by atoms with van der Waals surface area (Å²) >= 11 is 0. The van der Waals surface area contributed by atoms with E-state index in [4.69, 9.17) is 0 Å². The summed E-state index contributed by atoms with van der Waals surface area (Å²) in [5.41, 5.74) is 21.5. The molecule has 5 aromatic rings. The quantitative estimate of drug-likeness (QED) is 0.240. The molecule has 4 aromatic carbocycles. The number of fused-ring (bicyclic) bond motifs is 12. The Hall–Kier alpha value is -4.17. The lowest BCUT2D eigenvalue weighted by Crippen LogP contribution is -2.25. The largest absolute Gasteiger partial charge is 0.308 e. The van der Waals surface area contributed by atoms with Gasteiger partial charge in [-0.15, -0.1) is 0 Å². The Kier molecular flexibility index (Phi) is 3.27. The SMILES string of the molecule is c1ccc2c(c1)Cc1ccc3c(c1-2)Cc1c-3cc2c3c1Cc1ccncc1N3c1ccccc1C2. The second-order valence-electron chi connectivity index (χ2n) is 10.3. The minimum atomic E-state index is 0.981. The van der Waals surface area contributed by atoms with Crippen LogP contribution in [0.5, 0.6) is 0 Å². The Bertz CT molecular complexity index is 1750. The third-order valence-corrected chi connectivity index (χ3v) is 8.64. The van der Waals surface area contributed by atoms with Crippen LogP contribution in [0.2, 0.25) is 0 Å². The first-order valence-electron chi connectivity index (χ1n) is 12.6. The van der Waals surface area contributed by atoms with Crippen molar-refractivity contribution in [1.29, 1.82) is 0 Å². The first-order chi connectivity index (χ1) is 17.3. The average Bonchev–Trinajstić information content (AvgIpc) is 3.46. The van der Waals surface area contributed by atoms with E-state index in [2.05, 4.69) is 88.9 Å². The average molecular weight is 447 g/mol. The maximum atomic E-state index is 4.52. The summed E-state index contributed by atoms with van der Waals surface area (Å²) in [6.07, 6.45) is 8.05. The number of rotatable bonds is 0. The standard InChI is InChI=1S/C33H22N2/c1-3-7-24-19(5-1)13-22-9-10-25-26-16-23-14-20-6-2-4-8-30(20)35-31-18-34-12-11-21(31)15-29(33(23)35)27(26)17-28(25)32(22)24/h1-12,16,18H,13-15,17H2. The van der Waals surface area contributed by atoms with E-state index in [9.17, 15) is 0 Å². The molecule has 0 saturated heterocycles. The maximum absolute atomic E-state index is 4.52. The third-order valence-electron chi connectivity index (χ3n) is 8.64. The number of para-hydroxylation sites is 1.